The molecule has 1 aromatic heterocycles. The molecule has 5 nitrogen and oxygen atoms in total. The quantitative estimate of drug-likeness (QED) is 0.640. The summed E-state index contributed by atoms with van der Waals surface area (Å²) in [4.78, 5) is 17.4. The highest BCUT2D eigenvalue weighted by Crippen LogP contribution is 2.67. The molecule has 2 heterocycles. The van der Waals surface area contributed by atoms with Gasteiger partial charge in [-0.25, -0.2) is 4.99 Å². The van der Waals surface area contributed by atoms with Crippen LogP contribution in [0.4, 0.5) is 0 Å². The molecule has 2 aliphatic carbocycles. The average molecular weight is 409 g/mol. The number of nitrogens with zero attached hydrogens (tertiary/aromatic N) is 3. The van der Waals surface area contributed by atoms with Gasteiger partial charge in [-0.3, -0.25) is 9.48 Å². The number of hydrogen-bond donors (Lipinski definition) is 0. The first kappa shape index (κ1) is 18.5. The van der Waals surface area contributed by atoms with Crippen LogP contribution in [0.2, 0.25) is 0 Å². The van der Waals surface area contributed by atoms with Crippen LogP contribution in [0.25, 0.3) is 10.9 Å². The minimum Gasteiger partial charge on any atom is -0.370 e. The van der Waals surface area contributed by atoms with Gasteiger partial charge in [0.1, 0.15) is 5.60 Å². The summed E-state index contributed by atoms with van der Waals surface area (Å²) < 4.78 is 7.70. The zero-order valence-electron chi connectivity index (χ0n) is 17.6. The largest absolute Gasteiger partial charge is 0.370 e. The molecule has 0 saturated heterocycles. The van der Waals surface area contributed by atoms with Gasteiger partial charge in [-0.15, -0.1) is 0 Å². The molecule has 6 rings (SSSR count). The molecule has 1 saturated carbocycles. The SMILES string of the molecule is COC1(C)C=CC2=NC(=O)[C@@]3(C[C@H]3c3ccc4cnn(Cc5ccccc5)c4c3)C2=C1. The fourth-order valence-electron chi connectivity index (χ4n) is 5.04. The van der Waals surface area contributed by atoms with E-state index in [1.54, 1.807) is 7.11 Å². The number of ether oxygens (including phenoxy) is 1. The first-order valence-electron chi connectivity index (χ1n) is 10.6. The summed E-state index contributed by atoms with van der Waals surface area (Å²) in [5, 5.41) is 5.71. The van der Waals surface area contributed by atoms with Crippen LogP contribution in [-0.4, -0.2) is 34.1 Å². The maximum Gasteiger partial charge on any atom is 0.257 e. The predicted octanol–water partition coefficient (Wildman–Crippen LogP) is 4.44. The van der Waals surface area contributed by atoms with Gasteiger partial charge in [0.15, 0.2) is 0 Å². The third-order valence-electron chi connectivity index (χ3n) is 7.01. The first-order chi connectivity index (χ1) is 15.0. The standard InChI is InChI=1S/C26H23N3O2/c1-25(31-2)11-10-22-21(13-25)26(24(30)28-22)14-20(26)18-8-9-19-15-27-29(23(19)12-18)16-17-6-4-3-5-7-17/h3-13,15,20H,14,16H2,1-2H3/t20-,25?,26+/m0/s1. The minimum absolute atomic E-state index is 0.0263. The Morgan fingerprint density at radius 2 is 2.03 bits per heavy atom. The minimum atomic E-state index is -0.544. The Balaban J connectivity index is 1.37. The van der Waals surface area contributed by atoms with Crippen molar-refractivity contribution in [3.8, 4) is 0 Å². The van der Waals surface area contributed by atoms with Gasteiger partial charge in [-0.1, -0.05) is 42.5 Å². The summed E-state index contributed by atoms with van der Waals surface area (Å²) in [7, 11) is 1.69. The molecule has 0 N–H and O–H groups in total. The van der Waals surface area contributed by atoms with Gasteiger partial charge in [-0.05, 0) is 54.3 Å². The molecule has 0 radical (unpaired) electrons. The van der Waals surface area contributed by atoms with E-state index in [0.717, 1.165) is 35.2 Å². The van der Waals surface area contributed by atoms with Crippen molar-refractivity contribution in [3.63, 3.8) is 0 Å². The number of benzene rings is 2. The number of carbonyl (C=O) groups excluding carboxylic acids is 1. The number of methoxy groups -OCH3 is 1. The third-order valence-corrected chi connectivity index (χ3v) is 7.01. The van der Waals surface area contributed by atoms with E-state index in [2.05, 4.69) is 46.5 Å². The number of amides is 1. The second-order valence-electron chi connectivity index (χ2n) is 8.92. The second-order valence-corrected chi connectivity index (χ2v) is 8.92. The molecule has 2 aromatic carbocycles. The third kappa shape index (κ3) is 2.70. The van der Waals surface area contributed by atoms with Crippen LogP contribution in [0.1, 0.15) is 30.4 Å². The lowest BCUT2D eigenvalue weighted by molar-refractivity contribution is -0.121. The van der Waals surface area contributed by atoms with Gasteiger partial charge in [-0.2, -0.15) is 5.10 Å². The van der Waals surface area contributed by atoms with E-state index in [1.165, 1.54) is 11.1 Å². The number of allylic oxidation sites excluding steroid dienone is 1. The lowest BCUT2D eigenvalue weighted by Crippen LogP contribution is -2.28. The summed E-state index contributed by atoms with van der Waals surface area (Å²) >= 11 is 0. The van der Waals surface area contributed by atoms with Gasteiger partial charge in [0.2, 0.25) is 0 Å². The Morgan fingerprint density at radius 1 is 1.19 bits per heavy atom. The summed E-state index contributed by atoms with van der Waals surface area (Å²) in [6.45, 7) is 2.73. The number of aromatic nitrogens is 2. The summed E-state index contributed by atoms with van der Waals surface area (Å²) in [6, 6.07) is 16.8. The Labute approximate surface area is 180 Å². The number of hydrogen-bond acceptors (Lipinski definition) is 3. The van der Waals surface area contributed by atoms with Crippen molar-refractivity contribution in [2.45, 2.75) is 31.4 Å². The van der Waals surface area contributed by atoms with Crippen LogP contribution in [0, 0.1) is 5.41 Å². The highest BCUT2D eigenvalue weighted by atomic mass is 16.5. The van der Waals surface area contributed by atoms with Crippen molar-refractivity contribution in [2.75, 3.05) is 7.11 Å². The predicted molar refractivity (Wildman–Crippen MR) is 120 cm³/mol. The Morgan fingerprint density at radius 3 is 2.84 bits per heavy atom. The van der Waals surface area contributed by atoms with E-state index in [-0.39, 0.29) is 11.8 Å². The lowest BCUT2D eigenvalue weighted by atomic mass is 9.83. The van der Waals surface area contributed by atoms with Crippen molar-refractivity contribution >= 4 is 22.5 Å². The maximum absolute atomic E-state index is 13.0. The zero-order valence-corrected chi connectivity index (χ0v) is 17.6. The van der Waals surface area contributed by atoms with Crippen LogP contribution < -0.4 is 0 Å². The molecule has 3 aromatic rings. The fourth-order valence-corrected chi connectivity index (χ4v) is 5.04. The smallest absolute Gasteiger partial charge is 0.257 e. The number of aliphatic imine (C=N–C) groups is 1. The summed E-state index contributed by atoms with van der Waals surface area (Å²) in [5.41, 5.74) is 4.23. The second kappa shape index (κ2) is 6.34. The number of fused-ring (bicyclic) bond motifs is 3. The van der Waals surface area contributed by atoms with Crippen molar-refractivity contribution < 1.29 is 9.53 Å². The fraction of sp³-hybridized carbons (Fsp3) is 0.269. The van der Waals surface area contributed by atoms with Gasteiger partial charge in [0, 0.05) is 18.4 Å². The van der Waals surface area contributed by atoms with E-state index in [1.807, 2.05) is 48.2 Å². The Hall–Kier alpha value is -3.31. The van der Waals surface area contributed by atoms with Crippen LogP contribution in [0.15, 0.2) is 83.5 Å². The number of carbonyl (C=O) groups is 1. The molecular formula is C26H23N3O2. The molecule has 5 heteroatoms. The molecule has 3 atom stereocenters. The lowest BCUT2D eigenvalue weighted by Gasteiger charge is -2.26. The molecule has 154 valence electrons. The molecule has 3 aliphatic rings. The molecule has 1 fully saturated rings. The Bertz CT molecular complexity index is 1320. The van der Waals surface area contributed by atoms with E-state index >= 15 is 0 Å². The van der Waals surface area contributed by atoms with E-state index in [9.17, 15) is 4.79 Å². The van der Waals surface area contributed by atoms with Crippen LogP contribution in [0.5, 0.6) is 0 Å². The monoisotopic (exact) mass is 409 g/mol. The van der Waals surface area contributed by atoms with Gasteiger partial charge in [0.05, 0.1) is 29.4 Å². The van der Waals surface area contributed by atoms with Crippen LogP contribution in [-0.2, 0) is 16.1 Å². The zero-order chi connectivity index (χ0) is 21.2. The number of rotatable bonds is 4. The summed E-state index contributed by atoms with van der Waals surface area (Å²) in [5.74, 6) is 0.103. The van der Waals surface area contributed by atoms with Crippen molar-refractivity contribution in [1.82, 2.24) is 9.78 Å². The Kier molecular flexibility index (Phi) is 3.78. The van der Waals surface area contributed by atoms with E-state index in [4.69, 9.17) is 4.74 Å². The van der Waals surface area contributed by atoms with Gasteiger partial charge < -0.3 is 4.74 Å². The van der Waals surface area contributed by atoms with Crippen molar-refractivity contribution in [1.29, 1.82) is 0 Å². The van der Waals surface area contributed by atoms with Crippen LogP contribution in [0.3, 0.4) is 0 Å². The molecule has 1 unspecified atom stereocenters. The van der Waals surface area contributed by atoms with E-state index < -0.39 is 11.0 Å². The topological polar surface area (TPSA) is 56.5 Å². The molecular weight excluding hydrogens is 386 g/mol. The molecule has 1 aliphatic heterocycles. The van der Waals surface area contributed by atoms with Crippen molar-refractivity contribution in [3.05, 3.63) is 89.7 Å². The highest BCUT2D eigenvalue weighted by Gasteiger charge is 2.66. The van der Waals surface area contributed by atoms with Gasteiger partial charge in [0.25, 0.3) is 5.91 Å². The van der Waals surface area contributed by atoms with Crippen LogP contribution >= 0.6 is 0 Å². The highest BCUT2D eigenvalue weighted by molar-refractivity contribution is 6.24. The molecule has 1 spiro atoms. The first-order valence-corrected chi connectivity index (χ1v) is 10.6. The molecule has 31 heavy (non-hydrogen) atoms. The van der Waals surface area contributed by atoms with Crippen molar-refractivity contribution in [2.24, 2.45) is 10.4 Å². The van der Waals surface area contributed by atoms with E-state index in [0.29, 0.717) is 0 Å². The summed E-state index contributed by atoms with van der Waals surface area (Å²) in [6.07, 6.45) is 8.67. The maximum atomic E-state index is 13.0. The normalized spacial score (nSPS) is 28.7. The molecule has 0 bridgehead atoms. The van der Waals surface area contributed by atoms with Gasteiger partial charge >= 0.3 is 0 Å². The average Bonchev–Trinajstić information content (AvgIpc) is 3.35. The molecule has 1 amide bonds.